The van der Waals surface area contributed by atoms with E-state index in [1.807, 2.05) is 17.8 Å². The van der Waals surface area contributed by atoms with E-state index in [4.69, 9.17) is 0 Å². The van der Waals surface area contributed by atoms with E-state index in [0.29, 0.717) is 17.7 Å². The molecule has 1 aliphatic heterocycles. The molecule has 0 aliphatic carbocycles. The molecule has 2 rings (SSSR count). The van der Waals surface area contributed by atoms with Crippen LogP contribution in [0, 0.1) is 5.92 Å². The van der Waals surface area contributed by atoms with Crippen molar-refractivity contribution in [2.45, 2.75) is 45.7 Å². The van der Waals surface area contributed by atoms with Gasteiger partial charge in [-0.1, -0.05) is 13.8 Å². The predicted molar refractivity (Wildman–Crippen MR) is 75.1 cm³/mol. The molecule has 0 bridgehead atoms. The summed E-state index contributed by atoms with van der Waals surface area (Å²) in [5, 5.41) is 10.7. The summed E-state index contributed by atoms with van der Waals surface area (Å²) < 4.78 is 1.92. The highest BCUT2D eigenvalue weighted by molar-refractivity contribution is 5.92. The summed E-state index contributed by atoms with van der Waals surface area (Å²) in [6.07, 6.45) is 4.20. The summed E-state index contributed by atoms with van der Waals surface area (Å²) >= 11 is 0. The van der Waals surface area contributed by atoms with Crippen LogP contribution in [0.25, 0.3) is 0 Å². The first-order valence-corrected chi connectivity index (χ1v) is 7.14. The number of nitrogens with one attached hydrogen (secondary N) is 2. The van der Waals surface area contributed by atoms with Crippen LogP contribution in [0.1, 0.15) is 50.1 Å². The van der Waals surface area contributed by atoms with Crippen molar-refractivity contribution in [3.8, 4) is 0 Å². The van der Waals surface area contributed by atoms with Gasteiger partial charge in [0, 0.05) is 18.8 Å². The lowest BCUT2D eigenvalue weighted by Crippen LogP contribution is -2.36. The van der Waals surface area contributed by atoms with Gasteiger partial charge in [-0.2, -0.15) is 5.10 Å². The SMILES string of the molecule is CC(C)C(C)NC(=O)c1ccn(C2CCCNC2)n1. The maximum Gasteiger partial charge on any atom is 0.271 e. The first kappa shape index (κ1) is 14.1. The molecule has 2 N–H and O–H groups in total. The average Bonchev–Trinajstić information content (AvgIpc) is 2.89. The van der Waals surface area contributed by atoms with Gasteiger partial charge in [0.05, 0.1) is 6.04 Å². The monoisotopic (exact) mass is 264 g/mol. The fourth-order valence-corrected chi connectivity index (χ4v) is 2.17. The Labute approximate surface area is 114 Å². The van der Waals surface area contributed by atoms with Crippen LogP contribution in [-0.4, -0.2) is 34.8 Å². The molecule has 0 saturated carbocycles. The minimum Gasteiger partial charge on any atom is -0.348 e. The molecule has 1 aromatic heterocycles. The standard InChI is InChI=1S/C14H24N4O/c1-10(2)11(3)16-14(19)13-6-8-18(17-13)12-5-4-7-15-9-12/h6,8,10-12,15H,4-5,7,9H2,1-3H3,(H,16,19). The zero-order chi connectivity index (χ0) is 13.8. The molecule has 2 unspecified atom stereocenters. The zero-order valence-electron chi connectivity index (χ0n) is 12.0. The second-order valence-electron chi connectivity index (χ2n) is 5.69. The van der Waals surface area contributed by atoms with Crippen molar-refractivity contribution in [3.05, 3.63) is 18.0 Å². The molecule has 1 aliphatic rings. The quantitative estimate of drug-likeness (QED) is 0.868. The molecule has 0 radical (unpaired) electrons. The number of carbonyl (C=O) groups is 1. The molecule has 2 heterocycles. The number of amides is 1. The molecule has 1 aromatic rings. The molecule has 5 heteroatoms. The molecule has 1 fully saturated rings. The van der Waals surface area contributed by atoms with Crippen molar-refractivity contribution < 1.29 is 4.79 Å². The molecule has 5 nitrogen and oxygen atoms in total. The fraction of sp³-hybridized carbons (Fsp3) is 0.714. The Kier molecular flexibility index (Phi) is 4.58. The number of aromatic nitrogens is 2. The van der Waals surface area contributed by atoms with E-state index < -0.39 is 0 Å². The molecule has 106 valence electrons. The van der Waals surface area contributed by atoms with Gasteiger partial charge >= 0.3 is 0 Å². The minimum absolute atomic E-state index is 0.0799. The maximum atomic E-state index is 12.1. The van der Waals surface area contributed by atoms with Crippen LogP contribution >= 0.6 is 0 Å². The Hall–Kier alpha value is -1.36. The van der Waals surface area contributed by atoms with E-state index in [2.05, 4.69) is 29.6 Å². The van der Waals surface area contributed by atoms with E-state index >= 15 is 0 Å². The summed E-state index contributed by atoms with van der Waals surface area (Å²) in [6.45, 7) is 8.22. The van der Waals surface area contributed by atoms with Gasteiger partial charge in [-0.05, 0) is 38.3 Å². The molecule has 1 amide bonds. The predicted octanol–water partition coefficient (Wildman–Crippen LogP) is 1.58. The number of piperidine rings is 1. The Balaban J connectivity index is 1.98. The summed E-state index contributed by atoms with van der Waals surface area (Å²) in [7, 11) is 0. The highest BCUT2D eigenvalue weighted by atomic mass is 16.2. The Morgan fingerprint density at radius 2 is 2.32 bits per heavy atom. The lowest BCUT2D eigenvalue weighted by Gasteiger charge is -2.23. The number of rotatable bonds is 4. The van der Waals surface area contributed by atoms with E-state index in [-0.39, 0.29) is 11.9 Å². The van der Waals surface area contributed by atoms with Gasteiger partial charge in [-0.25, -0.2) is 0 Å². The van der Waals surface area contributed by atoms with Crippen LogP contribution in [0.2, 0.25) is 0 Å². The van der Waals surface area contributed by atoms with Gasteiger partial charge in [0.15, 0.2) is 0 Å². The lowest BCUT2D eigenvalue weighted by molar-refractivity contribution is 0.0924. The van der Waals surface area contributed by atoms with Crippen LogP contribution in [-0.2, 0) is 0 Å². The van der Waals surface area contributed by atoms with Crippen molar-refractivity contribution >= 4 is 5.91 Å². The normalized spacial score (nSPS) is 21.4. The van der Waals surface area contributed by atoms with Crippen molar-refractivity contribution in [1.29, 1.82) is 0 Å². The van der Waals surface area contributed by atoms with E-state index in [0.717, 1.165) is 25.9 Å². The third kappa shape index (κ3) is 3.56. The van der Waals surface area contributed by atoms with Crippen molar-refractivity contribution in [3.63, 3.8) is 0 Å². The molecule has 2 atom stereocenters. The number of hydrogen-bond donors (Lipinski definition) is 2. The number of hydrogen-bond acceptors (Lipinski definition) is 3. The number of nitrogens with zero attached hydrogens (tertiary/aromatic N) is 2. The van der Waals surface area contributed by atoms with E-state index in [9.17, 15) is 4.79 Å². The molecule has 0 spiro atoms. The molecule has 1 saturated heterocycles. The molecular weight excluding hydrogens is 240 g/mol. The highest BCUT2D eigenvalue weighted by Gasteiger charge is 2.19. The highest BCUT2D eigenvalue weighted by Crippen LogP contribution is 2.15. The number of carbonyl (C=O) groups excluding carboxylic acids is 1. The summed E-state index contributed by atoms with van der Waals surface area (Å²) in [6, 6.07) is 2.34. The van der Waals surface area contributed by atoms with Crippen LogP contribution in [0.3, 0.4) is 0 Å². The topological polar surface area (TPSA) is 59.0 Å². The van der Waals surface area contributed by atoms with Gasteiger partial charge < -0.3 is 10.6 Å². The van der Waals surface area contributed by atoms with Crippen molar-refractivity contribution in [2.24, 2.45) is 5.92 Å². The molecule has 0 aromatic carbocycles. The second-order valence-corrected chi connectivity index (χ2v) is 5.69. The lowest BCUT2D eigenvalue weighted by atomic mass is 10.1. The van der Waals surface area contributed by atoms with Crippen LogP contribution < -0.4 is 10.6 Å². The molecular formula is C14H24N4O. The maximum absolute atomic E-state index is 12.1. The smallest absolute Gasteiger partial charge is 0.271 e. The fourth-order valence-electron chi connectivity index (χ4n) is 2.17. The second kappa shape index (κ2) is 6.19. The van der Waals surface area contributed by atoms with Crippen molar-refractivity contribution in [1.82, 2.24) is 20.4 Å². The Morgan fingerprint density at radius 3 is 2.95 bits per heavy atom. The molecule has 19 heavy (non-hydrogen) atoms. The third-order valence-electron chi connectivity index (χ3n) is 3.84. The summed E-state index contributed by atoms with van der Waals surface area (Å²) in [4.78, 5) is 12.1. The van der Waals surface area contributed by atoms with E-state index in [1.54, 1.807) is 6.07 Å². The Morgan fingerprint density at radius 1 is 1.53 bits per heavy atom. The zero-order valence-corrected chi connectivity index (χ0v) is 12.0. The van der Waals surface area contributed by atoms with Gasteiger partial charge in [-0.15, -0.1) is 0 Å². The first-order chi connectivity index (χ1) is 9.08. The summed E-state index contributed by atoms with van der Waals surface area (Å²) in [5.74, 6) is 0.345. The average molecular weight is 264 g/mol. The minimum atomic E-state index is -0.0799. The Bertz CT molecular complexity index is 421. The van der Waals surface area contributed by atoms with Gasteiger partial charge in [0.2, 0.25) is 0 Å². The van der Waals surface area contributed by atoms with Crippen LogP contribution in [0.5, 0.6) is 0 Å². The van der Waals surface area contributed by atoms with E-state index in [1.165, 1.54) is 0 Å². The van der Waals surface area contributed by atoms with Gasteiger partial charge in [-0.3, -0.25) is 9.48 Å². The largest absolute Gasteiger partial charge is 0.348 e. The third-order valence-corrected chi connectivity index (χ3v) is 3.84. The first-order valence-electron chi connectivity index (χ1n) is 7.14. The van der Waals surface area contributed by atoms with Crippen molar-refractivity contribution in [2.75, 3.05) is 13.1 Å². The van der Waals surface area contributed by atoms with Gasteiger partial charge in [0.1, 0.15) is 5.69 Å². The van der Waals surface area contributed by atoms with Crippen LogP contribution in [0.15, 0.2) is 12.3 Å². The van der Waals surface area contributed by atoms with Gasteiger partial charge in [0.25, 0.3) is 5.91 Å². The summed E-state index contributed by atoms with van der Waals surface area (Å²) in [5.41, 5.74) is 0.512. The van der Waals surface area contributed by atoms with Crippen LogP contribution in [0.4, 0.5) is 0 Å².